The summed E-state index contributed by atoms with van der Waals surface area (Å²) < 4.78 is 5.13. The van der Waals surface area contributed by atoms with Crippen LogP contribution >= 0.6 is 0 Å². The van der Waals surface area contributed by atoms with Crippen LogP contribution in [0.15, 0.2) is 23.8 Å². The van der Waals surface area contributed by atoms with E-state index in [0.29, 0.717) is 18.9 Å². The molecule has 2 atom stereocenters. The molecule has 1 N–H and O–H groups in total. The van der Waals surface area contributed by atoms with Gasteiger partial charge in [0.15, 0.2) is 0 Å². The normalized spacial score (nSPS) is 27.4. The smallest absolute Gasteiger partial charge is 0.314 e. The molecule has 0 radical (unpaired) electrons. The van der Waals surface area contributed by atoms with Gasteiger partial charge in [0.2, 0.25) is 0 Å². The molecule has 0 aromatic rings. The number of hydrogen-bond acceptors (Lipinski definition) is 2. The van der Waals surface area contributed by atoms with E-state index in [2.05, 4.69) is 13.8 Å². The molecular formula is C15H24O3. The van der Waals surface area contributed by atoms with Crippen molar-refractivity contribution in [1.82, 2.24) is 0 Å². The highest BCUT2D eigenvalue weighted by atomic mass is 16.5. The van der Waals surface area contributed by atoms with Gasteiger partial charge in [0.25, 0.3) is 0 Å². The van der Waals surface area contributed by atoms with Crippen LogP contribution in [-0.4, -0.2) is 24.8 Å². The number of allylic oxidation sites excluding steroid dienone is 3. The number of hydrogen-bond donors (Lipinski definition) is 1. The molecule has 2 unspecified atom stereocenters. The van der Waals surface area contributed by atoms with Gasteiger partial charge in [-0.05, 0) is 25.7 Å². The van der Waals surface area contributed by atoms with Crippen LogP contribution < -0.4 is 0 Å². The van der Waals surface area contributed by atoms with E-state index in [4.69, 9.17) is 4.74 Å². The van der Waals surface area contributed by atoms with Crippen molar-refractivity contribution in [3.8, 4) is 0 Å². The number of methoxy groups -OCH3 is 1. The van der Waals surface area contributed by atoms with Crippen LogP contribution in [0.25, 0.3) is 0 Å². The molecule has 0 aromatic heterocycles. The minimum absolute atomic E-state index is 0.0300. The van der Waals surface area contributed by atoms with Gasteiger partial charge in [0, 0.05) is 19.6 Å². The highest BCUT2D eigenvalue weighted by Crippen LogP contribution is 2.44. The molecule has 0 aromatic carbocycles. The van der Waals surface area contributed by atoms with Crippen molar-refractivity contribution >= 4 is 5.97 Å². The van der Waals surface area contributed by atoms with Crippen LogP contribution in [0.5, 0.6) is 0 Å². The van der Waals surface area contributed by atoms with Gasteiger partial charge in [-0.15, -0.1) is 0 Å². The summed E-state index contributed by atoms with van der Waals surface area (Å²) in [6.07, 6.45) is 7.18. The van der Waals surface area contributed by atoms with Gasteiger partial charge in [0.05, 0.1) is 5.41 Å². The van der Waals surface area contributed by atoms with Gasteiger partial charge < -0.3 is 9.84 Å². The molecule has 0 bridgehead atoms. The second-order valence-electron chi connectivity index (χ2n) is 5.55. The zero-order chi connectivity index (χ0) is 13.8. The fraction of sp³-hybridized carbons (Fsp3) is 0.667. The first-order valence-corrected chi connectivity index (χ1v) is 6.52. The number of ether oxygens (including phenoxy) is 1. The van der Waals surface area contributed by atoms with Crippen molar-refractivity contribution in [2.24, 2.45) is 17.3 Å². The molecule has 3 heteroatoms. The lowest BCUT2D eigenvalue weighted by Gasteiger charge is -2.38. The Morgan fingerprint density at radius 3 is 2.72 bits per heavy atom. The van der Waals surface area contributed by atoms with Crippen LogP contribution in [0.1, 0.15) is 33.6 Å². The average Bonchev–Trinajstić information content (AvgIpc) is 2.27. The summed E-state index contributed by atoms with van der Waals surface area (Å²) in [6.45, 7) is 6.75. The molecule has 0 saturated heterocycles. The molecule has 0 aliphatic heterocycles. The number of carbonyl (C=O) groups is 1. The summed E-state index contributed by atoms with van der Waals surface area (Å²) in [4.78, 5) is 11.8. The topological polar surface area (TPSA) is 46.5 Å². The number of carboxylic acids is 1. The molecule has 1 aliphatic rings. The first-order valence-electron chi connectivity index (χ1n) is 6.52. The Balaban J connectivity index is 3.07. The lowest BCUT2D eigenvalue weighted by molar-refractivity contribution is -0.149. The Bertz CT molecular complexity index is 355. The van der Waals surface area contributed by atoms with Gasteiger partial charge in [-0.2, -0.15) is 0 Å². The van der Waals surface area contributed by atoms with E-state index >= 15 is 0 Å². The van der Waals surface area contributed by atoms with Gasteiger partial charge >= 0.3 is 5.97 Å². The van der Waals surface area contributed by atoms with Crippen molar-refractivity contribution in [2.45, 2.75) is 33.6 Å². The third-order valence-electron chi connectivity index (χ3n) is 3.68. The van der Waals surface area contributed by atoms with E-state index in [-0.39, 0.29) is 5.92 Å². The molecule has 1 rings (SSSR count). The Morgan fingerprint density at radius 2 is 2.22 bits per heavy atom. The maximum Gasteiger partial charge on any atom is 0.314 e. The van der Waals surface area contributed by atoms with Gasteiger partial charge in [0.1, 0.15) is 0 Å². The van der Waals surface area contributed by atoms with E-state index in [1.165, 1.54) is 0 Å². The Hall–Kier alpha value is -1.09. The van der Waals surface area contributed by atoms with Crippen LogP contribution in [0.4, 0.5) is 0 Å². The monoisotopic (exact) mass is 252 g/mol. The SMILES string of the molecule is COCCC1C(C)=CC=CC1(CC(C)C)C(=O)O. The van der Waals surface area contributed by atoms with Crippen molar-refractivity contribution in [2.75, 3.05) is 13.7 Å². The van der Waals surface area contributed by atoms with Crippen LogP contribution in [0, 0.1) is 17.3 Å². The largest absolute Gasteiger partial charge is 0.481 e. The molecule has 18 heavy (non-hydrogen) atoms. The molecule has 3 nitrogen and oxygen atoms in total. The van der Waals surface area contributed by atoms with E-state index < -0.39 is 11.4 Å². The lowest BCUT2D eigenvalue weighted by Crippen LogP contribution is -2.40. The fourth-order valence-corrected chi connectivity index (χ4v) is 2.92. The number of rotatable bonds is 6. The molecular weight excluding hydrogens is 228 g/mol. The van der Waals surface area contributed by atoms with Gasteiger partial charge in [-0.1, -0.05) is 37.6 Å². The molecule has 1 aliphatic carbocycles. The molecule has 0 fully saturated rings. The minimum Gasteiger partial charge on any atom is -0.481 e. The number of carboxylic acid groups (broad SMARTS) is 1. The molecule has 0 saturated carbocycles. The number of aliphatic carboxylic acids is 1. The first kappa shape index (κ1) is 15.0. The Labute approximate surface area is 110 Å². The fourth-order valence-electron chi connectivity index (χ4n) is 2.92. The molecule has 0 spiro atoms. The standard InChI is InChI=1S/C15H24O3/c1-11(2)10-15(14(16)17)8-5-6-12(3)13(15)7-9-18-4/h5-6,8,11,13H,7,9-10H2,1-4H3,(H,16,17). The lowest BCUT2D eigenvalue weighted by atomic mass is 9.64. The highest BCUT2D eigenvalue weighted by Gasteiger charge is 2.45. The summed E-state index contributed by atoms with van der Waals surface area (Å²) in [5, 5.41) is 9.71. The zero-order valence-corrected chi connectivity index (χ0v) is 11.8. The van der Waals surface area contributed by atoms with E-state index in [1.807, 2.05) is 25.2 Å². The Morgan fingerprint density at radius 1 is 1.56 bits per heavy atom. The predicted molar refractivity (Wildman–Crippen MR) is 72.4 cm³/mol. The van der Waals surface area contributed by atoms with Crippen molar-refractivity contribution in [3.63, 3.8) is 0 Å². The van der Waals surface area contributed by atoms with Crippen molar-refractivity contribution < 1.29 is 14.6 Å². The maximum atomic E-state index is 11.8. The van der Waals surface area contributed by atoms with E-state index in [0.717, 1.165) is 12.0 Å². The highest BCUT2D eigenvalue weighted by molar-refractivity contribution is 5.79. The summed E-state index contributed by atoms with van der Waals surface area (Å²) in [5.41, 5.74) is 0.364. The van der Waals surface area contributed by atoms with Gasteiger partial charge in [-0.3, -0.25) is 4.79 Å². The van der Waals surface area contributed by atoms with E-state index in [9.17, 15) is 9.90 Å². The Kier molecular flexibility index (Phi) is 5.15. The van der Waals surface area contributed by atoms with Crippen LogP contribution in [0.3, 0.4) is 0 Å². The van der Waals surface area contributed by atoms with Crippen LogP contribution in [0.2, 0.25) is 0 Å². The predicted octanol–water partition coefficient (Wildman–Crippen LogP) is 3.27. The zero-order valence-electron chi connectivity index (χ0n) is 11.8. The van der Waals surface area contributed by atoms with Gasteiger partial charge in [-0.25, -0.2) is 0 Å². The summed E-state index contributed by atoms with van der Waals surface area (Å²) >= 11 is 0. The minimum atomic E-state index is -0.772. The molecule has 0 amide bonds. The van der Waals surface area contributed by atoms with Crippen molar-refractivity contribution in [3.05, 3.63) is 23.8 Å². The molecule has 102 valence electrons. The summed E-state index contributed by atoms with van der Waals surface area (Å²) in [6, 6.07) is 0. The van der Waals surface area contributed by atoms with Crippen molar-refractivity contribution in [1.29, 1.82) is 0 Å². The summed E-state index contributed by atoms with van der Waals surface area (Å²) in [7, 11) is 1.66. The summed E-state index contributed by atoms with van der Waals surface area (Å²) in [5.74, 6) is -0.343. The third-order valence-corrected chi connectivity index (χ3v) is 3.68. The third kappa shape index (κ3) is 3.02. The first-order chi connectivity index (χ1) is 8.44. The van der Waals surface area contributed by atoms with E-state index in [1.54, 1.807) is 7.11 Å². The molecule has 0 heterocycles. The quantitative estimate of drug-likeness (QED) is 0.789. The second kappa shape index (κ2) is 6.19. The average molecular weight is 252 g/mol. The van der Waals surface area contributed by atoms with Crippen LogP contribution in [-0.2, 0) is 9.53 Å². The second-order valence-corrected chi connectivity index (χ2v) is 5.55. The maximum absolute atomic E-state index is 11.8.